The molecule has 0 unspecified atom stereocenters. The molecule has 5 heteroatoms. The average Bonchev–Trinajstić information content (AvgIpc) is 2.76. The van der Waals surface area contributed by atoms with E-state index in [9.17, 15) is 0 Å². The molecule has 0 bridgehead atoms. The van der Waals surface area contributed by atoms with E-state index in [0.717, 1.165) is 12.0 Å². The van der Waals surface area contributed by atoms with Gasteiger partial charge in [-0.15, -0.1) is 0 Å². The van der Waals surface area contributed by atoms with Crippen LogP contribution in [0.3, 0.4) is 0 Å². The zero-order valence-electron chi connectivity index (χ0n) is 11.9. The SMILES string of the molecule is CC1(C)Cc2cccc(Oc3nccc(C#N)c3N)c2O1. The first-order valence-corrected chi connectivity index (χ1v) is 6.63. The smallest absolute Gasteiger partial charge is 0.244 e. The molecule has 1 aromatic heterocycles. The fourth-order valence-electron chi connectivity index (χ4n) is 2.40. The molecule has 0 amide bonds. The molecule has 1 aliphatic rings. The second-order valence-corrected chi connectivity index (χ2v) is 5.57. The Labute approximate surface area is 122 Å². The number of nitriles is 1. The van der Waals surface area contributed by atoms with Crippen molar-refractivity contribution in [2.75, 3.05) is 5.73 Å². The molecule has 0 fully saturated rings. The molecule has 0 spiro atoms. The standard InChI is InChI=1S/C16H15N3O2/c1-16(2)8-10-4-3-5-12(14(10)21-16)20-15-13(18)11(9-17)6-7-19-15/h3-7H,8,18H2,1-2H3. The van der Waals surface area contributed by atoms with Gasteiger partial charge in [0.2, 0.25) is 5.88 Å². The van der Waals surface area contributed by atoms with Crippen LogP contribution in [0.2, 0.25) is 0 Å². The summed E-state index contributed by atoms with van der Waals surface area (Å²) in [5.74, 6) is 1.49. The zero-order chi connectivity index (χ0) is 15.0. The molecule has 2 aromatic rings. The van der Waals surface area contributed by atoms with Gasteiger partial charge in [0.25, 0.3) is 0 Å². The van der Waals surface area contributed by atoms with Gasteiger partial charge in [0.05, 0.1) is 5.56 Å². The fraction of sp³-hybridized carbons (Fsp3) is 0.250. The largest absolute Gasteiger partial charge is 0.483 e. The molecule has 0 saturated carbocycles. The van der Waals surface area contributed by atoms with E-state index in [1.54, 1.807) is 12.1 Å². The molecule has 1 aromatic carbocycles. The van der Waals surface area contributed by atoms with Gasteiger partial charge >= 0.3 is 0 Å². The van der Waals surface area contributed by atoms with Crippen molar-refractivity contribution >= 4 is 5.69 Å². The molecule has 0 radical (unpaired) electrons. The number of pyridine rings is 1. The number of aromatic nitrogens is 1. The Morgan fingerprint density at radius 3 is 2.95 bits per heavy atom. The van der Waals surface area contributed by atoms with Crippen molar-refractivity contribution in [2.45, 2.75) is 25.9 Å². The monoisotopic (exact) mass is 281 g/mol. The van der Waals surface area contributed by atoms with E-state index in [4.69, 9.17) is 20.5 Å². The van der Waals surface area contributed by atoms with Crippen LogP contribution in [0, 0.1) is 11.3 Å². The third-order valence-electron chi connectivity index (χ3n) is 3.34. The number of fused-ring (bicyclic) bond motifs is 1. The Morgan fingerprint density at radius 1 is 1.38 bits per heavy atom. The molecule has 1 aliphatic heterocycles. The van der Waals surface area contributed by atoms with E-state index in [0.29, 0.717) is 17.1 Å². The molecule has 0 saturated heterocycles. The van der Waals surface area contributed by atoms with E-state index in [1.165, 1.54) is 6.20 Å². The van der Waals surface area contributed by atoms with E-state index in [2.05, 4.69) is 4.98 Å². The van der Waals surface area contributed by atoms with Crippen molar-refractivity contribution in [3.05, 3.63) is 41.6 Å². The number of rotatable bonds is 2. The van der Waals surface area contributed by atoms with Crippen molar-refractivity contribution in [1.82, 2.24) is 4.98 Å². The summed E-state index contributed by atoms with van der Waals surface area (Å²) in [6.45, 7) is 4.05. The Bertz CT molecular complexity index is 748. The molecule has 5 nitrogen and oxygen atoms in total. The number of nitrogens with zero attached hydrogens (tertiary/aromatic N) is 2. The van der Waals surface area contributed by atoms with Crippen molar-refractivity contribution in [1.29, 1.82) is 5.26 Å². The highest BCUT2D eigenvalue weighted by atomic mass is 16.5. The average molecular weight is 281 g/mol. The predicted octanol–water partition coefficient (Wildman–Crippen LogP) is 3.04. The molecule has 106 valence electrons. The molecular formula is C16H15N3O2. The number of hydrogen-bond acceptors (Lipinski definition) is 5. The van der Waals surface area contributed by atoms with Crippen LogP contribution in [0.15, 0.2) is 30.5 Å². The predicted molar refractivity (Wildman–Crippen MR) is 78.3 cm³/mol. The summed E-state index contributed by atoms with van der Waals surface area (Å²) >= 11 is 0. The van der Waals surface area contributed by atoms with E-state index >= 15 is 0 Å². The lowest BCUT2D eigenvalue weighted by atomic mass is 10.0. The van der Waals surface area contributed by atoms with E-state index in [-0.39, 0.29) is 17.2 Å². The van der Waals surface area contributed by atoms with Crippen LogP contribution in [-0.4, -0.2) is 10.6 Å². The number of para-hydroxylation sites is 1. The Hall–Kier alpha value is -2.74. The summed E-state index contributed by atoms with van der Waals surface area (Å²) < 4.78 is 11.7. The lowest BCUT2D eigenvalue weighted by molar-refractivity contribution is 0.135. The maximum absolute atomic E-state index is 8.99. The van der Waals surface area contributed by atoms with Gasteiger partial charge in [-0.1, -0.05) is 12.1 Å². The molecule has 3 rings (SSSR count). The summed E-state index contributed by atoms with van der Waals surface area (Å²) in [7, 11) is 0. The topological polar surface area (TPSA) is 81.2 Å². The van der Waals surface area contributed by atoms with Crippen LogP contribution in [-0.2, 0) is 6.42 Å². The zero-order valence-corrected chi connectivity index (χ0v) is 11.9. The summed E-state index contributed by atoms with van der Waals surface area (Å²) in [5, 5.41) is 8.99. The van der Waals surface area contributed by atoms with Crippen molar-refractivity contribution < 1.29 is 9.47 Å². The van der Waals surface area contributed by atoms with Gasteiger partial charge in [-0.05, 0) is 26.0 Å². The number of ether oxygens (including phenoxy) is 2. The maximum atomic E-state index is 8.99. The first-order valence-electron chi connectivity index (χ1n) is 6.63. The molecule has 2 heterocycles. The molecule has 0 atom stereocenters. The lowest BCUT2D eigenvalue weighted by Crippen LogP contribution is -2.24. The summed E-state index contributed by atoms with van der Waals surface area (Å²) in [6.07, 6.45) is 2.32. The summed E-state index contributed by atoms with van der Waals surface area (Å²) in [4.78, 5) is 4.09. The summed E-state index contributed by atoms with van der Waals surface area (Å²) in [5.41, 5.74) is 7.30. The third kappa shape index (κ3) is 2.36. The van der Waals surface area contributed by atoms with Crippen LogP contribution in [0.4, 0.5) is 5.69 Å². The minimum atomic E-state index is -0.255. The van der Waals surface area contributed by atoms with Crippen molar-refractivity contribution in [3.63, 3.8) is 0 Å². The number of anilines is 1. The van der Waals surface area contributed by atoms with Crippen LogP contribution < -0.4 is 15.2 Å². The quantitative estimate of drug-likeness (QED) is 0.915. The van der Waals surface area contributed by atoms with Gasteiger partial charge in [-0.2, -0.15) is 5.26 Å². The molecule has 0 aliphatic carbocycles. The van der Waals surface area contributed by atoms with E-state index in [1.807, 2.05) is 32.0 Å². The van der Waals surface area contributed by atoms with Crippen LogP contribution >= 0.6 is 0 Å². The van der Waals surface area contributed by atoms with Crippen LogP contribution in [0.1, 0.15) is 25.0 Å². The molecule has 21 heavy (non-hydrogen) atoms. The van der Waals surface area contributed by atoms with Crippen molar-refractivity contribution in [2.24, 2.45) is 0 Å². The Balaban J connectivity index is 1.99. The fourth-order valence-corrected chi connectivity index (χ4v) is 2.40. The lowest BCUT2D eigenvalue weighted by Gasteiger charge is -2.18. The van der Waals surface area contributed by atoms with Crippen LogP contribution in [0.25, 0.3) is 0 Å². The first kappa shape index (κ1) is 13.3. The minimum Gasteiger partial charge on any atom is -0.483 e. The van der Waals surface area contributed by atoms with Crippen molar-refractivity contribution in [3.8, 4) is 23.4 Å². The molecular weight excluding hydrogens is 266 g/mol. The highest BCUT2D eigenvalue weighted by Gasteiger charge is 2.32. The molecule has 2 N–H and O–H groups in total. The Kier molecular flexibility index (Phi) is 2.95. The highest BCUT2D eigenvalue weighted by molar-refractivity contribution is 5.62. The van der Waals surface area contributed by atoms with Gasteiger partial charge < -0.3 is 15.2 Å². The second-order valence-electron chi connectivity index (χ2n) is 5.57. The third-order valence-corrected chi connectivity index (χ3v) is 3.34. The first-order chi connectivity index (χ1) is 10.00. The van der Waals surface area contributed by atoms with Gasteiger partial charge in [-0.3, -0.25) is 0 Å². The highest BCUT2D eigenvalue weighted by Crippen LogP contribution is 2.43. The second kappa shape index (κ2) is 4.67. The number of nitrogen functional groups attached to an aromatic ring is 1. The van der Waals surface area contributed by atoms with Gasteiger partial charge in [0.1, 0.15) is 17.4 Å². The maximum Gasteiger partial charge on any atom is 0.244 e. The normalized spacial score (nSPS) is 14.9. The van der Waals surface area contributed by atoms with Gasteiger partial charge in [-0.25, -0.2) is 4.98 Å². The number of hydrogen-bond donors (Lipinski definition) is 1. The van der Waals surface area contributed by atoms with Crippen LogP contribution in [0.5, 0.6) is 17.4 Å². The van der Waals surface area contributed by atoms with E-state index < -0.39 is 0 Å². The number of nitrogens with two attached hydrogens (primary N) is 1. The van der Waals surface area contributed by atoms with Gasteiger partial charge in [0, 0.05) is 18.2 Å². The minimum absolute atomic E-state index is 0.218. The van der Waals surface area contributed by atoms with Gasteiger partial charge in [0.15, 0.2) is 11.5 Å². The Morgan fingerprint density at radius 2 is 2.19 bits per heavy atom. The number of benzene rings is 1. The summed E-state index contributed by atoms with van der Waals surface area (Å²) in [6, 6.07) is 9.29.